The molecule has 0 unspecified atom stereocenters. The quantitative estimate of drug-likeness (QED) is 0.196. The van der Waals surface area contributed by atoms with Gasteiger partial charge in [0.15, 0.2) is 0 Å². The second-order valence-electron chi connectivity index (χ2n) is 13.3. The van der Waals surface area contributed by atoms with E-state index in [0.717, 1.165) is 39.8 Å². The van der Waals surface area contributed by atoms with Gasteiger partial charge in [0.05, 0.1) is 40.9 Å². The van der Waals surface area contributed by atoms with E-state index in [1.165, 1.54) is 0 Å². The van der Waals surface area contributed by atoms with Crippen LogP contribution >= 0.6 is 23.2 Å². The number of carbonyl (C=O) groups is 1. The molecule has 1 amide bonds. The van der Waals surface area contributed by atoms with E-state index in [1.807, 2.05) is 61.7 Å². The standard InChI is InChI=1S/C37H36Cl2N8O3/c1-37(19-40)20-46(21-37)18-31-44-47-17-23(14-30(47)36(49)45(31)2)25-6-4-7-26(33(25)38)27-8-5-9-28(34(27)39)29-12-10-22(35(43-29)50-3)15-41-16-24-11-13-32(48)42-24/h4-10,12,14,17,24,41H,11,13,15-16,18,20-21H2,1-3H3,(H,42,48)/t24-/m0/s1. The van der Waals surface area contributed by atoms with Crippen LogP contribution in [0.15, 0.2) is 65.6 Å². The van der Waals surface area contributed by atoms with E-state index in [1.54, 1.807) is 29.3 Å². The van der Waals surface area contributed by atoms with Crippen LogP contribution in [0.5, 0.6) is 5.88 Å². The van der Waals surface area contributed by atoms with Gasteiger partial charge in [0.2, 0.25) is 11.8 Å². The number of aromatic nitrogens is 4. The summed E-state index contributed by atoms with van der Waals surface area (Å²) in [5.41, 5.74) is 5.13. The smallest absolute Gasteiger partial charge is 0.277 e. The largest absolute Gasteiger partial charge is 0.481 e. The van der Waals surface area contributed by atoms with E-state index in [2.05, 4.69) is 21.6 Å². The lowest BCUT2D eigenvalue weighted by molar-refractivity contribution is -0.119. The number of halogens is 2. The first-order chi connectivity index (χ1) is 24.1. The molecule has 50 heavy (non-hydrogen) atoms. The molecule has 2 aliphatic heterocycles. The number of nitrogens with zero attached hydrogens (tertiary/aromatic N) is 6. The molecule has 2 saturated heterocycles. The highest BCUT2D eigenvalue weighted by Crippen LogP contribution is 2.42. The van der Waals surface area contributed by atoms with Crippen LogP contribution in [-0.2, 0) is 24.9 Å². The van der Waals surface area contributed by atoms with Crippen molar-refractivity contribution in [3.8, 4) is 45.5 Å². The van der Waals surface area contributed by atoms with E-state index < -0.39 is 0 Å². The molecule has 0 aliphatic carbocycles. The number of hydrogen-bond acceptors (Lipinski definition) is 8. The molecule has 5 aromatic rings. The number of nitriles is 1. The molecule has 2 N–H and O–H groups in total. The third-order valence-electron chi connectivity index (χ3n) is 9.51. The van der Waals surface area contributed by atoms with Crippen molar-refractivity contribution in [2.24, 2.45) is 12.5 Å². The first kappa shape index (κ1) is 33.8. The minimum absolute atomic E-state index is 0.0917. The molecule has 7 rings (SSSR count). The monoisotopic (exact) mass is 710 g/mol. The maximum Gasteiger partial charge on any atom is 0.277 e. The molecule has 5 heterocycles. The first-order valence-corrected chi connectivity index (χ1v) is 17.2. The summed E-state index contributed by atoms with van der Waals surface area (Å²) in [6.07, 6.45) is 3.21. The summed E-state index contributed by atoms with van der Waals surface area (Å²) >= 11 is 14.2. The maximum atomic E-state index is 13.4. The second kappa shape index (κ2) is 13.5. The van der Waals surface area contributed by atoms with Crippen molar-refractivity contribution in [1.82, 2.24) is 34.7 Å². The molecule has 2 aromatic carbocycles. The average Bonchev–Trinajstić information content (AvgIpc) is 3.72. The third-order valence-corrected chi connectivity index (χ3v) is 10.3. The van der Waals surface area contributed by atoms with Gasteiger partial charge in [-0.2, -0.15) is 10.4 Å². The van der Waals surface area contributed by atoms with Gasteiger partial charge in [-0.1, -0.05) is 65.7 Å². The normalized spacial score (nSPS) is 17.0. The maximum absolute atomic E-state index is 13.4. The van der Waals surface area contributed by atoms with Crippen LogP contribution in [0, 0.1) is 16.7 Å². The Morgan fingerprint density at radius 2 is 1.76 bits per heavy atom. The van der Waals surface area contributed by atoms with Crippen LogP contribution in [0.25, 0.3) is 39.0 Å². The number of rotatable bonds is 10. The number of nitrogens with one attached hydrogen (secondary N) is 2. The average molecular weight is 712 g/mol. The molecule has 0 bridgehead atoms. The van der Waals surface area contributed by atoms with Crippen molar-refractivity contribution in [3.63, 3.8) is 0 Å². The molecule has 0 saturated carbocycles. The first-order valence-electron chi connectivity index (χ1n) is 16.4. The predicted octanol–water partition coefficient (Wildman–Crippen LogP) is 5.46. The molecule has 13 heteroatoms. The topological polar surface area (TPSA) is 130 Å². The molecule has 1 atom stereocenters. The van der Waals surface area contributed by atoms with E-state index >= 15 is 0 Å². The van der Waals surface area contributed by atoms with Gasteiger partial charge in [0.1, 0.15) is 11.3 Å². The summed E-state index contributed by atoms with van der Waals surface area (Å²) in [6.45, 7) is 4.88. The number of hydrogen-bond donors (Lipinski definition) is 2. The van der Waals surface area contributed by atoms with Crippen LogP contribution in [0.2, 0.25) is 10.0 Å². The van der Waals surface area contributed by atoms with Crippen molar-refractivity contribution < 1.29 is 9.53 Å². The Morgan fingerprint density at radius 1 is 1.06 bits per heavy atom. The number of benzene rings is 2. The minimum Gasteiger partial charge on any atom is -0.481 e. The Labute approximate surface area is 299 Å². The summed E-state index contributed by atoms with van der Waals surface area (Å²) in [7, 11) is 3.31. The Hall–Kier alpha value is -4.73. The van der Waals surface area contributed by atoms with Gasteiger partial charge in [-0.15, -0.1) is 0 Å². The van der Waals surface area contributed by atoms with Crippen molar-refractivity contribution in [2.75, 3.05) is 26.7 Å². The van der Waals surface area contributed by atoms with Gasteiger partial charge in [-0.3, -0.25) is 19.1 Å². The lowest BCUT2D eigenvalue weighted by Gasteiger charge is -2.43. The lowest BCUT2D eigenvalue weighted by Crippen LogP contribution is -2.53. The molecular weight excluding hydrogens is 675 g/mol. The van der Waals surface area contributed by atoms with E-state index in [4.69, 9.17) is 38.0 Å². The fraction of sp³-hybridized carbons (Fsp3) is 0.324. The third kappa shape index (κ3) is 6.36. The number of pyridine rings is 1. The molecule has 2 fully saturated rings. The van der Waals surface area contributed by atoms with Crippen molar-refractivity contribution >= 4 is 34.6 Å². The lowest BCUT2D eigenvalue weighted by atomic mass is 9.84. The molecule has 11 nitrogen and oxygen atoms in total. The summed E-state index contributed by atoms with van der Waals surface area (Å²) in [5.74, 6) is 1.19. The molecule has 256 valence electrons. The fourth-order valence-corrected chi connectivity index (χ4v) is 7.49. The van der Waals surface area contributed by atoms with Gasteiger partial charge in [0, 0.05) is 85.3 Å². The second-order valence-corrected chi connectivity index (χ2v) is 14.0. The minimum atomic E-state index is -0.364. The van der Waals surface area contributed by atoms with Gasteiger partial charge >= 0.3 is 0 Å². The molecule has 0 spiro atoms. The van der Waals surface area contributed by atoms with E-state index in [-0.39, 0.29) is 22.9 Å². The van der Waals surface area contributed by atoms with E-state index in [0.29, 0.717) is 72.1 Å². The SMILES string of the molecule is COc1nc(-c2cccc(-c3cccc(-c4cc5c(=O)n(C)c(CN6CC(C)(C#N)C6)nn5c4)c3Cl)c2Cl)ccc1CNC[C@@H]1CCC(=O)N1. The summed E-state index contributed by atoms with van der Waals surface area (Å²) < 4.78 is 8.82. The number of ether oxygens (including phenoxy) is 1. The number of fused-ring (bicyclic) bond motifs is 1. The Kier molecular flexibility index (Phi) is 9.13. The van der Waals surface area contributed by atoms with Gasteiger partial charge in [-0.25, -0.2) is 9.50 Å². The predicted molar refractivity (Wildman–Crippen MR) is 193 cm³/mol. The van der Waals surface area contributed by atoms with Crippen molar-refractivity contribution in [1.29, 1.82) is 5.26 Å². The number of amides is 1. The summed E-state index contributed by atoms with van der Waals surface area (Å²) in [4.78, 5) is 31.8. The summed E-state index contributed by atoms with van der Waals surface area (Å²) in [5, 5.41) is 21.5. The van der Waals surface area contributed by atoms with Crippen LogP contribution in [0.1, 0.15) is 31.2 Å². The highest BCUT2D eigenvalue weighted by molar-refractivity contribution is 6.39. The number of carbonyl (C=O) groups excluding carboxylic acids is 1. The van der Waals surface area contributed by atoms with Gasteiger partial charge in [-0.05, 0) is 25.5 Å². The van der Waals surface area contributed by atoms with Crippen LogP contribution in [0.3, 0.4) is 0 Å². The number of likely N-dealkylation sites (tertiary alicyclic amines) is 1. The van der Waals surface area contributed by atoms with Crippen LogP contribution in [-0.4, -0.2) is 62.8 Å². The van der Waals surface area contributed by atoms with Crippen LogP contribution < -0.4 is 20.9 Å². The molecule has 0 radical (unpaired) electrons. The highest BCUT2D eigenvalue weighted by Gasteiger charge is 2.39. The van der Waals surface area contributed by atoms with Gasteiger partial charge < -0.3 is 15.4 Å². The van der Waals surface area contributed by atoms with Crippen LogP contribution in [0.4, 0.5) is 0 Å². The molecular formula is C37H36Cl2N8O3. The van der Waals surface area contributed by atoms with Gasteiger partial charge in [0.25, 0.3) is 5.56 Å². The van der Waals surface area contributed by atoms with Crippen molar-refractivity contribution in [3.05, 3.63) is 92.6 Å². The zero-order valence-electron chi connectivity index (χ0n) is 28.0. The fourth-order valence-electron chi connectivity index (χ4n) is 6.83. The van der Waals surface area contributed by atoms with E-state index in [9.17, 15) is 14.9 Å². The zero-order chi connectivity index (χ0) is 35.2. The molecule has 3 aromatic heterocycles. The molecule has 2 aliphatic rings. The Bertz CT molecular complexity index is 2230. The Balaban J connectivity index is 1.15. The Morgan fingerprint density at radius 3 is 2.44 bits per heavy atom. The number of methoxy groups -OCH3 is 1. The summed E-state index contributed by atoms with van der Waals surface area (Å²) in [6, 6.07) is 19.6. The zero-order valence-corrected chi connectivity index (χ0v) is 29.5. The highest BCUT2D eigenvalue weighted by atomic mass is 35.5. The van der Waals surface area contributed by atoms with Crippen molar-refractivity contribution in [2.45, 2.75) is 38.9 Å².